The van der Waals surface area contributed by atoms with Gasteiger partial charge in [-0.1, -0.05) is 28.1 Å². The summed E-state index contributed by atoms with van der Waals surface area (Å²) in [5.41, 5.74) is 0.948. The second-order valence-electron chi connectivity index (χ2n) is 2.54. The molecule has 0 spiro atoms. The lowest BCUT2D eigenvalue weighted by atomic mass is 10.1. The lowest BCUT2D eigenvalue weighted by Gasteiger charge is -2.02. The van der Waals surface area contributed by atoms with Crippen LogP contribution < -0.4 is 0 Å². The smallest absolute Gasteiger partial charge is 0.148 e. The highest BCUT2D eigenvalue weighted by Gasteiger charge is 2.02. The highest BCUT2D eigenvalue weighted by Crippen LogP contribution is 2.12. The Labute approximate surface area is 79.3 Å². The maximum atomic E-state index is 10.1. The largest absolute Gasteiger partial charge is 0.385 e. The SMILES string of the molecule is O=CC(O)Cc1cccc(Br)c1. The molecule has 1 aromatic carbocycles. The average molecular weight is 229 g/mol. The Morgan fingerprint density at radius 2 is 2.33 bits per heavy atom. The van der Waals surface area contributed by atoms with E-state index in [1.54, 1.807) is 0 Å². The van der Waals surface area contributed by atoms with Gasteiger partial charge >= 0.3 is 0 Å². The Morgan fingerprint density at radius 1 is 1.58 bits per heavy atom. The number of carbonyl (C=O) groups is 1. The first-order chi connectivity index (χ1) is 5.72. The van der Waals surface area contributed by atoms with E-state index in [0.717, 1.165) is 10.0 Å². The molecule has 1 atom stereocenters. The van der Waals surface area contributed by atoms with Gasteiger partial charge in [0.05, 0.1) is 0 Å². The molecule has 0 saturated carbocycles. The summed E-state index contributed by atoms with van der Waals surface area (Å²) in [6.45, 7) is 0. The lowest BCUT2D eigenvalue weighted by Crippen LogP contribution is -2.11. The molecule has 12 heavy (non-hydrogen) atoms. The predicted molar refractivity (Wildman–Crippen MR) is 49.9 cm³/mol. The van der Waals surface area contributed by atoms with Crippen LogP contribution in [-0.2, 0) is 11.2 Å². The predicted octanol–water partition coefficient (Wildman–Crippen LogP) is 1.55. The highest BCUT2D eigenvalue weighted by atomic mass is 79.9. The third-order valence-corrected chi connectivity index (χ3v) is 1.98. The van der Waals surface area contributed by atoms with E-state index < -0.39 is 6.10 Å². The summed E-state index contributed by atoms with van der Waals surface area (Å²) in [5.74, 6) is 0. The van der Waals surface area contributed by atoms with Crippen LogP contribution in [0.15, 0.2) is 28.7 Å². The van der Waals surface area contributed by atoms with Gasteiger partial charge in [0.1, 0.15) is 12.4 Å². The van der Waals surface area contributed by atoms with Gasteiger partial charge < -0.3 is 9.90 Å². The molecule has 0 aliphatic rings. The van der Waals surface area contributed by atoms with Gasteiger partial charge in [-0.05, 0) is 17.7 Å². The molecule has 0 aromatic heterocycles. The van der Waals surface area contributed by atoms with Crippen LogP contribution in [0, 0.1) is 0 Å². The summed E-state index contributed by atoms with van der Waals surface area (Å²) < 4.78 is 0.957. The summed E-state index contributed by atoms with van der Waals surface area (Å²) in [6.07, 6.45) is 0.0309. The van der Waals surface area contributed by atoms with Crippen molar-refractivity contribution in [1.82, 2.24) is 0 Å². The molecule has 0 radical (unpaired) electrons. The van der Waals surface area contributed by atoms with Crippen molar-refractivity contribution >= 4 is 22.2 Å². The van der Waals surface area contributed by atoms with Crippen LogP contribution in [-0.4, -0.2) is 17.5 Å². The second-order valence-corrected chi connectivity index (χ2v) is 3.45. The zero-order valence-corrected chi connectivity index (χ0v) is 7.99. The fourth-order valence-corrected chi connectivity index (χ4v) is 1.40. The first kappa shape index (κ1) is 9.42. The van der Waals surface area contributed by atoms with E-state index in [0.29, 0.717) is 12.7 Å². The van der Waals surface area contributed by atoms with Crippen LogP contribution in [0.2, 0.25) is 0 Å². The Hall–Kier alpha value is -0.670. The topological polar surface area (TPSA) is 37.3 Å². The monoisotopic (exact) mass is 228 g/mol. The van der Waals surface area contributed by atoms with Crippen molar-refractivity contribution in [3.05, 3.63) is 34.3 Å². The minimum absolute atomic E-state index is 0.378. The number of aliphatic hydroxyl groups is 1. The zero-order chi connectivity index (χ0) is 8.97. The summed E-state index contributed by atoms with van der Waals surface area (Å²) in [5, 5.41) is 9.02. The van der Waals surface area contributed by atoms with Crippen LogP contribution in [0.4, 0.5) is 0 Å². The standard InChI is InChI=1S/C9H9BrO2/c10-8-3-1-2-7(4-8)5-9(12)6-11/h1-4,6,9,12H,5H2. The Kier molecular flexibility index (Phi) is 3.44. The van der Waals surface area contributed by atoms with Crippen LogP contribution in [0.5, 0.6) is 0 Å². The molecule has 0 bridgehead atoms. The lowest BCUT2D eigenvalue weighted by molar-refractivity contribution is -0.114. The first-order valence-electron chi connectivity index (χ1n) is 3.60. The number of halogens is 1. The van der Waals surface area contributed by atoms with Gasteiger partial charge in [-0.2, -0.15) is 0 Å². The maximum Gasteiger partial charge on any atom is 0.148 e. The molecule has 1 unspecified atom stereocenters. The highest BCUT2D eigenvalue weighted by molar-refractivity contribution is 9.10. The van der Waals surface area contributed by atoms with Crippen LogP contribution in [0.25, 0.3) is 0 Å². The fourth-order valence-electron chi connectivity index (χ4n) is 0.954. The summed E-state index contributed by atoms with van der Waals surface area (Å²) in [4.78, 5) is 10.1. The molecule has 0 fully saturated rings. The average Bonchev–Trinajstić information content (AvgIpc) is 2.04. The van der Waals surface area contributed by atoms with Crippen molar-refractivity contribution in [1.29, 1.82) is 0 Å². The second kappa shape index (κ2) is 4.38. The van der Waals surface area contributed by atoms with Crippen LogP contribution >= 0.6 is 15.9 Å². The van der Waals surface area contributed by atoms with E-state index in [2.05, 4.69) is 15.9 Å². The molecule has 0 saturated heterocycles. The van der Waals surface area contributed by atoms with Crippen molar-refractivity contribution in [2.24, 2.45) is 0 Å². The Balaban J connectivity index is 2.69. The van der Waals surface area contributed by atoms with E-state index in [1.807, 2.05) is 24.3 Å². The fraction of sp³-hybridized carbons (Fsp3) is 0.222. The molecule has 0 aliphatic carbocycles. The van der Waals surface area contributed by atoms with E-state index in [9.17, 15) is 4.79 Å². The third-order valence-electron chi connectivity index (χ3n) is 1.49. The molecule has 1 N–H and O–H groups in total. The number of benzene rings is 1. The number of rotatable bonds is 3. The maximum absolute atomic E-state index is 10.1. The van der Waals surface area contributed by atoms with Gasteiger partial charge in [-0.3, -0.25) is 0 Å². The molecule has 0 amide bonds. The molecule has 0 heterocycles. The van der Waals surface area contributed by atoms with Crippen molar-refractivity contribution in [2.45, 2.75) is 12.5 Å². The Morgan fingerprint density at radius 3 is 2.92 bits per heavy atom. The normalized spacial score (nSPS) is 12.5. The van der Waals surface area contributed by atoms with Gasteiger partial charge in [0.2, 0.25) is 0 Å². The summed E-state index contributed by atoms with van der Waals surface area (Å²) in [6, 6.07) is 7.53. The molecule has 2 nitrogen and oxygen atoms in total. The minimum atomic E-state index is -0.890. The summed E-state index contributed by atoms with van der Waals surface area (Å²) >= 11 is 3.30. The first-order valence-corrected chi connectivity index (χ1v) is 4.39. The van der Waals surface area contributed by atoms with E-state index in [1.165, 1.54) is 0 Å². The number of carbonyl (C=O) groups excluding carboxylic acids is 1. The van der Waals surface area contributed by atoms with E-state index in [-0.39, 0.29) is 0 Å². The van der Waals surface area contributed by atoms with Crippen LogP contribution in [0.1, 0.15) is 5.56 Å². The van der Waals surface area contributed by atoms with E-state index >= 15 is 0 Å². The van der Waals surface area contributed by atoms with Crippen molar-refractivity contribution in [3.63, 3.8) is 0 Å². The van der Waals surface area contributed by atoms with Gasteiger partial charge in [-0.15, -0.1) is 0 Å². The van der Waals surface area contributed by atoms with Crippen molar-refractivity contribution in [3.8, 4) is 0 Å². The number of hydrogen-bond donors (Lipinski definition) is 1. The minimum Gasteiger partial charge on any atom is -0.385 e. The quantitative estimate of drug-likeness (QED) is 0.798. The van der Waals surface area contributed by atoms with Crippen LogP contribution in [0.3, 0.4) is 0 Å². The van der Waals surface area contributed by atoms with Crippen molar-refractivity contribution < 1.29 is 9.90 Å². The zero-order valence-electron chi connectivity index (χ0n) is 6.40. The number of hydrogen-bond acceptors (Lipinski definition) is 2. The molecule has 1 rings (SSSR count). The molecule has 3 heteroatoms. The van der Waals surface area contributed by atoms with Gasteiger partial charge in [-0.25, -0.2) is 0 Å². The summed E-state index contributed by atoms with van der Waals surface area (Å²) in [7, 11) is 0. The molecule has 64 valence electrons. The van der Waals surface area contributed by atoms with Gasteiger partial charge in [0, 0.05) is 10.9 Å². The number of aldehydes is 1. The number of aliphatic hydroxyl groups excluding tert-OH is 1. The van der Waals surface area contributed by atoms with E-state index in [4.69, 9.17) is 5.11 Å². The third kappa shape index (κ3) is 2.75. The van der Waals surface area contributed by atoms with Gasteiger partial charge in [0.15, 0.2) is 0 Å². The molecular formula is C9H9BrO2. The molecule has 1 aromatic rings. The molecular weight excluding hydrogens is 220 g/mol. The van der Waals surface area contributed by atoms with Crippen molar-refractivity contribution in [2.75, 3.05) is 0 Å². The van der Waals surface area contributed by atoms with Gasteiger partial charge in [0.25, 0.3) is 0 Å². The molecule has 0 aliphatic heterocycles. The Bertz CT molecular complexity index is 273.